The molecule has 0 spiro atoms. The molecule has 0 aliphatic heterocycles. The van der Waals surface area contributed by atoms with Crippen molar-refractivity contribution in [2.45, 2.75) is 26.7 Å². The summed E-state index contributed by atoms with van der Waals surface area (Å²) < 4.78 is 0. The maximum atomic E-state index is 3.64. The summed E-state index contributed by atoms with van der Waals surface area (Å²) in [5.41, 5.74) is 3.96. The SMILES string of the molecule is C=[C]c1ccc(CC)c(CC)c1. The van der Waals surface area contributed by atoms with Crippen LogP contribution in [0.4, 0.5) is 0 Å². The highest BCUT2D eigenvalue weighted by Gasteiger charge is 1.98. The van der Waals surface area contributed by atoms with E-state index in [2.05, 4.69) is 44.7 Å². The monoisotopic (exact) mass is 159 g/mol. The van der Waals surface area contributed by atoms with Crippen LogP contribution in [0.3, 0.4) is 0 Å². The van der Waals surface area contributed by atoms with Crippen molar-refractivity contribution in [1.29, 1.82) is 0 Å². The molecule has 0 unspecified atom stereocenters. The summed E-state index contributed by atoms with van der Waals surface area (Å²) in [6, 6.07) is 6.42. The van der Waals surface area contributed by atoms with Crippen molar-refractivity contribution in [1.82, 2.24) is 0 Å². The topological polar surface area (TPSA) is 0 Å². The van der Waals surface area contributed by atoms with Crippen LogP contribution in [0, 0.1) is 6.08 Å². The maximum Gasteiger partial charge on any atom is -0.0181 e. The maximum absolute atomic E-state index is 3.64. The van der Waals surface area contributed by atoms with Gasteiger partial charge in [0.25, 0.3) is 0 Å². The van der Waals surface area contributed by atoms with Crippen LogP contribution in [-0.4, -0.2) is 0 Å². The molecule has 1 rings (SSSR count). The van der Waals surface area contributed by atoms with Gasteiger partial charge >= 0.3 is 0 Å². The molecule has 0 saturated carbocycles. The van der Waals surface area contributed by atoms with E-state index in [1.165, 1.54) is 11.1 Å². The van der Waals surface area contributed by atoms with Crippen LogP contribution >= 0.6 is 0 Å². The summed E-state index contributed by atoms with van der Waals surface area (Å²) in [4.78, 5) is 0. The Morgan fingerprint density at radius 1 is 1.17 bits per heavy atom. The normalized spacial score (nSPS) is 9.83. The van der Waals surface area contributed by atoms with Gasteiger partial charge < -0.3 is 0 Å². The molecule has 0 amide bonds. The summed E-state index contributed by atoms with van der Waals surface area (Å²) >= 11 is 0. The van der Waals surface area contributed by atoms with Crippen LogP contribution in [0.5, 0.6) is 0 Å². The molecule has 0 saturated heterocycles. The van der Waals surface area contributed by atoms with Crippen LogP contribution in [0.1, 0.15) is 30.5 Å². The van der Waals surface area contributed by atoms with Gasteiger partial charge in [0, 0.05) is 0 Å². The molecule has 0 nitrogen and oxygen atoms in total. The zero-order valence-electron chi connectivity index (χ0n) is 7.85. The molecule has 0 heteroatoms. The molecule has 12 heavy (non-hydrogen) atoms. The van der Waals surface area contributed by atoms with Gasteiger partial charge in [-0.2, -0.15) is 0 Å². The van der Waals surface area contributed by atoms with Crippen LogP contribution in [-0.2, 0) is 12.8 Å². The molecule has 63 valence electrons. The lowest BCUT2D eigenvalue weighted by atomic mass is 10.0. The van der Waals surface area contributed by atoms with Gasteiger partial charge in [0.15, 0.2) is 0 Å². The first-order valence-corrected chi connectivity index (χ1v) is 4.46. The molecular weight excluding hydrogens is 144 g/mol. The molecule has 0 aliphatic carbocycles. The van der Waals surface area contributed by atoms with Gasteiger partial charge in [-0.3, -0.25) is 0 Å². The molecule has 0 aliphatic rings. The smallest absolute Gasteiger partial charge is 0.0181 e. The molecule has 1 aromatic carbocycles. The molecule has 1 aromatic rings. The fourth-order valence-corrected chi connectivity index (χ4v) is 1.41. The van der Waals surface area contributed by atoms with Crippen molar-refractivity contribution in [2.75, 3.05) is 0 Å². The lowest BCUT2D eigenvalue weighted by molar-refractivity contribution is 1.03. The van der Waals surface area contributed by atoms with Crippen molar-refractivity contribution >= 4 is 0 Å². The van der Waals surface area contributed by atoms with Gasteiger partial charge in [0.1, 0.15) is 0 Å². The number of aryl methyl sites for hydroxylation is 2. The first-order chi connectivity index (χ1) is 5.81. The van der Waals surface area contributed by atoms with E-state index in [0.717, 1.165) is 18.4 Å². The summed E-state index contributed by atoms with van der Waals surface area (Å²) in [5, 5.41) is 0. The average molecular weight is 159 g/mol. The third-order valence-corrected chi connectivity index (χ3v) is 2.17. The van der Waals surface area contributed by atoms with E-state index in [9.17, 15) is 0 Å². The minimum Gasteiger partial charge on any atom is -0.0906 e. The predicted molar refractivity (Wildman–Crippen MR) is 53.2 cm³/mol. The number of hydrogen-bond donors (Lipinski definition) is 0. The Morgan fingerprint density at radius 2 is 1.83 bits per heavy atom. The lowest BCUT2D eigenvalue weighted by Crippen LogP contribution is -1.91. The summed E-state index contributed by atoms with van der Waals surface area (Å²) in [5.74, 6) is 0. The molecular formula is C12H15. The van der Waals surface area contributed by atoms with Gasteiger partial charge in [0.2, 0.25) is 0 Å². The Labute approximate surface area is 74.9 Å². The standard InChI is InChI=1S/C12H15/c1-4-10-7-8-11(5-2)12(6-3)9-10/h7-9H,1,5-6H2,2-3H3. The summed E-state index contributed by atoms with van der Waals surface area (Å²) in [7, 11) is 0. The fourth-order valence-electron chi connectivity index (χ4n) is 1.41. The van der Waals surface area contributed by atoms with Crippen LogP contribution in [0.2, 0.25) is 0 Å². The van der Waals surface area contributed by atoms with Crippen LogP contribution in [0.15, 0.2) is 24.8 Å². The Morgan fingerprint density at radius 3 is 2.33 bits per heavy atom. The molecule has 0 heterocycles. The van der Waals surface area contributed by atoms with Crippen LogP contribution < -0.4 is 0 Å². The van der Waals surface area contributed by atoms with Gasteiger partial charge in [0.05, 0.1) is 0 Å². The Balaban J connectivity index is 3.10. The van der Waals surface area contributed by atoms with E-state index in [1.54, 1.807) is 0 Å². The quantitative estimate of drug-likeness (QED) is 0.635. The minimum absolute atomic E-state index is 1.10. The molecule has 1 radical (unpaired) electrons. The third-order valence-electron chi connectivity index (χ3n) is 2.17. The van der Waals surface area contributed by atoms with Crippen molar-refractivity contribution in [3.8, 4) is 0 Å². The second-order valence-electron chi connectivity index (χ2n) is 2.87. The Bertz CT molecular complexity index is 271. The fraction of sp³-hybridized carbons (Fsp3) is 0.333. The first-order valence-electron chi connectivity index (χ1n) is 4.46. The summed E-state index contributed by atoms with van der Waals surface area (Å²) in [6.45, 7) is 8.01. The van der Waals surface area contributed by atoms with Crippen molar-refractivity contribution < 1.29 is 0 Å². The van der Waals surface area contributed by atoms with Crippen molar-refractivity contribution in [2.24, 2.45) is 0 Å². The number of hydrogen-bond acceptors (Lipinski definition) is 0. The van der Waals surface area contributed by atoms with Gasteiger partial charge in [-0.15, -0.1) is 0 Å². The first kappa shape index (κ1) is 9.05. The van der Waals surface area contributed by atoms with Gasteiger partial charge in [-0.1, -0.05) is 38.6 Å². The number of rotatable bonds is 3. The van der Waals surface area contributed by atoms with E-state index in [0.29, 0.717) is 0 Å². The summed E-state index contributed by atoms with van der Waals surface area (Å²) in [6.07, 6.45) is 5.11. The Kier molecular flexibility index (Phi) is 3.09. The van der Waals surface area contributed by atoms with E-state index in [1.807, 2.05) is 0 Å². The van der Waals surface area contributed by atoms with E-state index < -0.39 is 0 Å². The largest absolute Gasteiger partial charge is 0.0906 e. The van der Waals surface area contributed by atoms with E-state index in [4.69, 9.17) is 0 Å². The molecule has 0 aromatic heterocycles. The zero-order chi connectivity index (χ0) is 8.97. The average Bonchev–Trinajstić information content (AvgIpc) is 2.16. The third kappa shape index (κ3) is 1.76. The predicted octanol–water partition coefficient (Wildman–Crippen LogP) is 3.15. The zero-order valence-corrected chi connectivity index (χ0v) is 7.85. The highest BCUT2D eigenvalue weighted by atomic mass is 14.0. The van der Waals surface area contributed by atoms with Crippen molar-refractivity contribution in [3.05, 3.63) is 47.5 Å². The van der Waals surface area contributed by atoms with Crippen LogP contribution in [0.25, 0.3) is 0 Å². The second-order valence-corrected chi connectivity index (χ2v) is 2.87. The minimum atomic E-state index is 1.10. The van der Waals surface area contributed by atoms with Gasteiger partial charge in [-0.25, -0.2) is 0 Å². The molecule has 0 atom stereocenters. The second kappa shape index (κ2) is 4.10. The molecule has 0 fully saturated rings. The van der Waals surface area contributed by atoms with Gasteiger partial charge in [-0.05, 0) is 35.6 Å². The van der Waals surface area contributed by atoms with E-state index in [-0.39, 0.29) is 0 Å². The van der Waals surface area contributed by atoms with E-state index >= 15 is 0 Å². The molecule has 0 bridgehead atoms. The highest BCUT2D eigenvalue weighted by Crippen LogP contribution is 2.13. The number of benzene rings is 1. The Hall–Kier alpha value is -1.04. The highest BCUT2D eigenvalue weighted by molar-refractivity contribution is 5.34. The molecule has 0 N–H and O–H groups in total. The lowest BCUT2D eigenvalue weighted by Gasteiger charge is -2.05. The van der Waals surface area contributed by atoms with Crippen molar-refractivity contribution in [3.63, 3.8) is 0 Å².